The molecule has 0 bridgehead atoms. The van der Waals surface area contributed by atoms with Crippen molar-refractivity contribution < 1.29 is 9.53 Å². The number of rotatable bonds is 5. The van der Waals surface area contributed by atoms with E-state index in [9.17, 15) is 10.1 Å². The fourth-order valence-corrected chi connectivity index (χ4v) is 4.42. The molecule has 5 nitrogen and oxygen atoms in total. The number of nitrogens with zero attached hydrogens (tertiary/aromatic N) is 1. The summed E-state index contributed by atoms with van der Waals surface area (Å²) in [6.07, 6.45) is 6.14. The van der Waals surface area contributed by atoms with Gasteiger partial charge in [-0.1, -0.05) is 12.1 Å². The van der Waals surface area contributed by atoms with Crippen LogP contribution in [0.2, 0.25) is 0 Å². The second kappa shape index (κ2) is 8.80. The first-order valence-electron chi connectivity index (χ1n) is 8.68. The van der Waals surface area contributed by atoms with Crippen LogP contribution in [0.1, 0.15) is 34.9 Å². The van der Waals surface area contributed by atoms with Crippen LogP contribution in [0.4, 0.5) is 5.00 Å². The summed E-state index contributed by atoms with van der Waals surface area (Å²) < 4.78 is 5.39. The van der Waals surface area contributed by atoms with Gasteiger partial charge in [0.05, 0.1) is 12.2 Å². The molecule has 1 aromatic carbocycles. The van der Waals surface area contributed by atoms with Crippen molar-refractivity contribution in [2.75, 3.05) is 11.9 Å². The molecule has 138 valence electrons. The second-order valence-electron chi connectivity index (χ2n) is 5.95. The Bertz CT molecular complexity index is 924. The number of anilines is 1. The predicted molar refractivity (Wildman–Crippen MR) is 112 cm³/mol. The molecule has 2 N–H and O–H groups in total. The van der Waals surface area contributed by atoms with Gasteiger partial charge in [-0.2, -0.15) is 5.26 Å². The first kappa shape index (κ1) is 19.1. The summed E-state index contributed by atoms with van der Waals surface area (Å²) in [5.74, 6) is 0.463. The lowest BCUT2D eigenvalue weighted by Crippen LogP contribution is -2.32. The highest BCUT2D eigenvalue weighted by molar-refractivity contribution is 7.80. The van der Waals surface area contributed by atoms with Gasteiger partial charge in [0.2, 0.25) is 5.91 Å². The molecule has 27 heavy (non-hydrogen) atoms. The van der Waals surface area contributed by atoms with E-state index in [1.807, 2.05) is 31.2 Å². The maximum atomic E-state index is 12.1. The van der Waals surface area contributed by atoms with Gasteiger partial charge in [-0.05, 0) is 67.7 Å². The minimum Gasteiger partial charge on any atom is -0.494 e. The molecule has 0 fully saturated rings. The number of carbonyl (C=O) groups excluding carboxylic acids is 1. The quantitative estimate of drug-likeness (QED) is 0.588. The van der Waals surface area contributed by atoms with Crippen LogP contribution in [0.3, 0.4) is 0 Å². The number of amides is 1. The number of hydrogen-bond donors (Lipinski definition) is 2. The van der Waals surface area contributed by atoms with Crippen molar-refractivity contribution in [3.63, 3.8) is 0 Å². The van der Waals surface area contributed by atoms with Crippen LogP contribution in [-0.4, -0.2) is 17.6 Å². The molecule has 1 amide bonds. The molecule has 1 aromatic heterocycles. The third-order valence-corrected chi connectivity index (χ3v) is 5.53. The Kier molecular flexibility index (Phi) is 6.22. The molecule has 7 heteroatoms. The van der Waals surface area contributed by atoms with E-state index in [0.29, 0.717) is 17.2 Å². The van der Waals surface area contributed by atoms with Crippen LogP contribution in [-0.2, 0) is 17.6 Å². The van der Waals surface area contributed by atoms with Crippen molar-refractivity contribution in [1.82, 2.24) is 5.32 Å². The van der Waals surface area contributed by atoms with Gasteiger partial charge < -0.3 is 10.1 Å². The first-order chi connectivity index (χ1) is 13.1. The highest BCUT2D eigenvalue weighted by Crippen LogP contribution is 2.38. The molecule has 1 heterocycles. The maximum Gasteiger partial charge on any atom is 0.250 e. The van der Waals surface area contributed by atoms with Crippen molar-refractivity contribution in [3.8, 4) is 11.8 Å². The van der Waals surface area contributed by atoms with E-state index in [-0.39, 0.29) is 11.0 Å². The minimum atomic E-state index is -0.330. The summed E-state index contributed by atoms with van der Waals surface area (Å²) in [7, 11) is 0. The van der Waals surface area contributed by atoms with Gasteiger partial charge >= 0.3 is 0 Å². The topological polar surface area (TPSA) is 74.2 Å². The van der Waals surface area contributed by atoms with Gasteiger partial charge in [0.1, 0.15) is 16.8 Å². The number of carbonyl (C=O) groups is 1. The van der Waals surface area contributed by atoms with Crippen LogP contribution in [0.15, 0.2) is 30.3 Å². The lowest BCUT2D eigenvalue weighted by Gasteiger charge is -2.07. The molecule has 0 atom stereocenters. The zero-order valence-electron chi connectivity index (χ0n) is 14.9. The van der Waals surface area contributed by atoms with Crippen LogP contribution in [0.25, 0.3) is 6.08 Å². The van der Waals surface area contributed by atoms with E-state index < -0.39 is 0 Å². The first-order valence-corrected chi connectivity index (χ1v) is 9.90. The summed E-state index contributed by atoms with van der Waals surface area (Å²) in [5, 5.41) is 15.9. The van der Waals surface area contributed by atoms with Crippen molar-refractivity contribution in [3.05, 3.63) is 51.9 Å². The highest BCUT2D eigenvalue weighted by Gasteiger charge is 2.22. The van der Waals surface area contributed by atoms with Crippen LogP contribution >= 0.6 is 23.6 Å². The standard InChI is InChI=1S/C20H19N3O2S2/c1-2-25-14-9-6-13(7-10-14)8-11-18(24)22-20(26)23-19-16(12-21)15-4-3-5-17(15)27-19/h6-11H,2-5H2,1H3,(H2,22,23,24,26)/b11-8+. The molecule has 2 aromatic rings. The second-order valence-corrected chi connectivity index (χ2v) is 7.47. The number of benzene rings is 1. The Morgan fingerprint density at radius 1 is 1.37 bits per heavy atom. The Balaban J connectivity index is 1.56. The predicted octanol–water partition coefficient (Wildman–Crippen LogP) is 4.03. The summed E-state index contributed by atoms with van der Waals surface area (Å²) in [4.78, 5) is 13.3. The summed E-state index contributed by atoms with van der Waals surface area (Å²) in [5.41, 5.74) is 2.65. The largest absolute Gasteiger partial charge is 0.494 e. The summed E-state index contributed by atoms with van der Waals surface area (Å²) in [6, 6.07) is 9.70. The van der Waals surface area contributed by atoms with E-state index >= 15 is 0 Å². The Labute approximate surface area is 167 Å². The number of aryl methyl sites for hydroxylation is 1. The Hall–Kier alpha value is -2.69. The number of hydrogen-bond acceptors (Lipinski definition) is 5. The Morgan fingerprint density at radius 3 is 2.85 bits per heavy atom. The minimum absolute atomic E-state index is 0.188. The van der Waals surface area contributed by atoms with Crippen molar-refractivity contribution in [1.29, 1.82) is 5.26 Å². The van der Waals surface area contributed by atoms with E-state index in [0.717, 1.165) is 36.1 Å². The fraction of sp³-hybridized carbons (Fsp3) is 0.250. The number of nitrogens with one attached hydrogen (secondary N) is 2. The third-order valence-electron chi connectivity index (χ3n) is 4.12. The molecule has 3 rings (SSSR count). The van der Waals surface area contributed by atoms with Crippen molar-refractivity contribution >= 4 is 45.7 Å². The van der Waals surface area contributed by atoms with Crippen molar-refractivity contribution in [2.45, 2.75) is 26.2 Å². The van der Waals surface area contributed by atoms with Crippen molar-refractivity contribution in [2.24, 2.45) is 0 Å². The number of fused-ring (bicyclic) bond motifs is 1. The van der Waals surface area contributed by atoms with Gasteiger partial charge in [-0.15, -0.1) is 11.3 Å². The van der Waals surface area contributed by atoms with Crippen LogP contribution in [0.5, 0.6) is 5.75 Å². The van der Waals surface area contributed by atoms with E-state index in [4.69, 9.17) is 17.0 Å². The zero-order valence-corrected chi connectivity index (χ0v) is 16.5. The van der Waals surface area contributed by atoms with Gasteiger partial charge in [0.15, 0.2) is 5.11 Å². The summed E-state index contributed by atoms with van der Waals surface area (Å²) >= 11 is 6.75. The van der Waals surface area contributed by atoms with Gasteiger partial charge in [-0.25, -0.2) is 0 Å². The third kappa shape index (κ3) is 4.73. The maximum absolute atomic E-state index is 12.1. The molecule has 0 unspecified atom stereocenters. The number of nitriles is 1. The zero-order chi connectivity index (χ0) is 19.2. The molecule has 1 aliphatic rings. The Morgan fingerprint density at radius 2 is 2.15 bits per heavy atom. The molecule has 0 saturated carbocycles. The van der Waals surface area contributed by atoms with Gasteiger partial charge in [0, 0.05) is 11.0 Å². The molecular weight excluding hydrogens is 378 g/mol. The van der Waals surface area contributed by atoms with E-state index in [1.165, 1.54) is 11.0 Å². The van der Waals surface area contributed by atoms with Crippen LogP contribution < -0.4 is 15.4 Å². The molecule has 0 saturated heterocycles. The highest BCUT2D eigenvalue weighted by atomic mass is 32.1. The molecule has 0 spiro atoms. The average Bonchev–Trinajstić information content (AvgIpc) is 3.22. The number of thiophene rings is 1. The SMILES string of the molecule is CCOc1ccc(/C=C/C(=O)NC(=S)Nc2sc3c(c2C#N)CCC3)cc1. The van der Waals surface area contributed by atoms with Crippen LogP contribution in [0, 0.1) is 11.3 Å². The number of ether oxygens (including phenoxy) is 1. The lowest BCUT2D eigenvalue weighted by molar-refractivity contribution is -0.115. The van der Waals surface area contributed by atoms with Gasteiger partial charge in [0.25, 0.3) is 0 Å². The van der Waals surface area contributed by atoms with Gasteiger partial charge in [-0.3, -0.25) is 10.1 Å². The fourth-order valence-electron chi connectivity index (χ4n) is 2.91. The molecule has 1 aliphatic carbocycles. The average molecular weight is 398 g/mol. The van der Waals surface area contributed by atoms with E-state index in [1.54, 1.807) is 17.4 Å². The van der Waals surface area contributed by atoms with E-state index in [2.05, 4.69) is 16.7 Å². The summed E-state index contributed by atoms with van der Waals surface area (Å²) in [6.45, 7) is 2.54. The number of thiocarbonyl (C=S) groups is 1. The molecule has 0 aliphatic heterocycles. The molecule has 0 radical (unpaired) electrons. The monoisotopic (exact) mass is 397 g/mol. The smallest absolute Gasteiger partial charge is 0.250 e. The molecular formula is C20H19N3O2S2. The normalized spacial score (nSPS) is 12.4. The lowest BCUT2D eigenvalue weighted by atomic mass is 10.1.